The van der Waals surface area contributed by atoms with Crippen molar-refractivity contribution in [1.29, 1.82) is 0 Å². The van der Waals surface area contributed by atoms with Crippen LogP contribution in [-0.4, -0.2) is 19.7 Å². The van der Waals surface area contributed by atoms with Gasteiger partial charge in [0.05, 0.1) is 11.8 Å². The molecule has 3 aromatic carbocycles. The molecular weight excluding hydrogens is 428 g/mol. The molecule has 0 unspecified atom stereocenters. The zero-order valence-corrected chi connectivity index (χ0v) is 17.3. The van der Waals surface area contributed by atoms with Crippen molar-refractivity contribution in [1.82, 2.24) is 0 Å². The monoisotopic (exact) mass is 442 g/mol. The van der Waals surface area contributed by atoms with Gasteiger partial charge in [0, 0.05) is 16.7 Å². The van der Waals surface area contributed by atoms with Gasteiger partial charge in [0.15, 0.2) is 12.2 Å². The molecule has 0 fully saturated rings. The Morgan fingerprint density at radius 3 is 2.40 bits per heavy atom. The summed E-state index contributed by atoms with van der Waals surface area (Å²) in [4.78, 5) is 23.6. The molecule has 6 nitrogen and oxygen atoms in total. The maximum Gasteiger partial charge on any atom is 0.396 e. The summed E-state index contributed by atoms with van der Waals surface area (Å²) in [5.41, 5.74) is 1.83. The predicted octanol–water partition coefficient (Wildman–Crippen LogP) is 5.17. The van der Waals surface area contributed by atoms with E-state index in [1.807, 2.05) is 0 Å². The third-order valence-electron chi connectivity index (χ3n) is 4.21. The first-order chi connectivity index (χ1) is 14.5. The van der Waals surface area contributed by atoms with Crippen molar-refractivity contribution in [3.05, 3.63) is 75.4 Å². The van der Waals surface area contributed by atoms with Gasteiger partial charge in [0.25, 0.3) is 0 Å². The number of methoxy groups -OCH3 is 1. The Kier molecular flexibility index (Phi) is 5.74. The third-order valence-corrected chi connectivity index (χ3v) is 5.24. The highest BCUT2D eigenvalue weighted by atomic mass is 35.5. The summed E-state index contributed by atoms with van der Waals surface area (Å²) in [5, 5.41) is 0.583. The fraction of sp³-hybridized carbons (Fsp3) is 0.0909. The first kappa shape index (κ1) is 20.0. The SMILES string of the molecule is COc1ccc(OCC(=O)Oc2cc(-c3ccc(Cl)cc3)c3oc(=O)sc3c2)cc1. The molecule has 0 saturated heterocycles. The first-order valence-corrected chi connectivity index (χ1v) is 10.0. The summed E-state index contributed by atoms with van der Waals surface area (Å²) < 4.78 is 21.9. The Labute approximate surface area is 180 Å². The molecule has 152 valence electrons. The molecule has 0 aliphatic carbocycles. The van der Waals surface area contributed by atoms with Crippen molar-refractivity contribution in [3.8, 4) is 28.4 Å². The van der Waals surface area contributed by atoms with Gasteiger partial charge in [0.1, 0.15) is 17.2 Å². The minimum atomic E-state index is -0.580. The van der Waals surface area contributed by atoms with E-state index in [0.717, 1.165) is 16.9 Å². The average Bonchev–Trinajstić information content (AvgIpc) is 3.12. The van der Waals surface area contributed by atoms with Gasteiger partial charge in [-0.25, -0.2) is 9.59 Å². The Balaban J connectivity index is 1.55. The van der Waals surface area contributed by atoms with E-state index in [9.17, 15) is 9.59 Å². The first-order valence-electron chi connectivity index (χ1n) is 8.83. The van der Waals surface area contributed by atoms with Crippen molar-refractivity contribution in [3.63, 3.8) is 0 Å². The van der Waals surface area contributed by atoms with Gasteiger partial charge < -0.3 is 18.6 Å². The normalized spacial score (nSPS) is 10.7. The highest BCUT2D eigenvalue weighted by molar-refractivity contribution is 7.16. The van der Waals surface area contributed by atoms with E-state index in [2.05, 4.69) is 0 Å². The van der Waals surface area contributed by atoms with E-state index in [0.29, 0.717) is 32.4 Å². The second-order valence-electron chi connectivity index (χ2n) is 6.20. The van der Waals surface area contributed by atoms with E-state index >= 15 is 0 Å². The van der Waals surface area contributed by atoms with Gasteiger partial charge in [-0.1, -0.05) is 35.1 Å². The van der Waals surface area contributed by atoms with Gasteiger partial charge in [-0.2, -0.15) is 0 Å². The van der Waals surface area contributed by atoms with Gasteiger partial charge in [-0.15, -0.1) is 0 Å². The Morgan fingerprint density at radius 1 is 1.00 bits per heavy atom. The molecule has 0 atom stereocenters. The van der Waals surface area contributed by atoms with Crippen LogP contribution in [0.25, 0.3) is 21.4 Å². The van der Waals surface area contributed by atoms with Crippen LogP contribution in [0.2, 0.25) is 5.02 Å². The lowest BCUT2D eigenvalue weighted by Crippen LogP contribution is -2.17. The van der Waals surface area contributed by atoms with Crippen LogP contribution in [0.5, 0.6) is 17.2 Å². The van der Waals surface area contributed by atoms with E-state index in [1.54, 1.807) is 67.8 Å². The number of ether oxygens (including phenoxy) is 3. The van der Waals surface area contributed by atoms with Crippen LogP contribution < -0.4 is 19.1 Å². The standard InChI is InChI=1S/C22H15ClO6S/c1-26-15-6-8-16(9-7-15)27-12-20(24)28-17-10-18(13-2-4-14(23)5-3-13)21-19(11-17)30-22(25)29-21/h2-11H,12H2,1H3. The second-order valence-corrected chi connectivity index (χ2v) is 7.61. The molecule has 0 spiro atoms. The number of carbonyl (C=O) groups is 1. The van der Waals surface area contributed by atoms with Gasteiger partial charge >= 0.3 is 10.9 Å². The van der Waals surface area contributed by atoms with Crippen LogP contribution in [0.1, 0.15) is 0 Å². The van der Waals surface area contributed by atoms with E-state index in [-0.39, 0.29) is 12.4 Å². The van der Waals surface area contributed by atoms with Crippen molar-refractivity contribution >= 4 is 39.2 Å². The molecule has 0 aliphatic rings. The lowest BCUT2D eigenvalue weighted by atomic mass is 10.0. The number of hydrogen-bond donors (Lipinski definition) is 0. The van der Waals surface area contributed by atoms with Crippen molar-refractivity contribution in [2.75, 3.05) is 13.7 Å². The summed E-state index contributed by atoms with van der Waals surface area (Å²) in [5.74, 6) is 0.904. The molecule has 4 aromatic rings. The zero-order valence-electron chi connectivity index (χ0n) is 15.7. The van der Waals surface area contributed by atoms with Gasteiger partial charge in [-0.3, -0.25) is 0 Å². The number of rotatable bonds is 6. The lowest BCUT2D eigenvalue weighted by Gasteiger charge is -2.09. The molecule has 8 heteroatoms. The molecule has 0 bridgehead atoms. The Hall–Kier alpha value is -3.29. The van der Waals surface area contributed by atoms with Crippen molar-refractivity contribution in [2.45, 2.75) is 0 Å². The van der Waals surface area contributed by atoms with Gasteiger partial charge in [-0.05, 0) is 48.0 Å². The van der Waals surface area contributed by atoms with Crippen molar-refractivity contribution < 1.29 is 23.4 Å². The zero-order chi connectivity index (χ0) is 21.1. The molecule has 0 amide bonds. The summed E-state index contributed by atoms with van der Waals surface area (Å²) in [6.07, 6.45) is 0. The molecule has 1 aromatic heterocycles. The minimum absolute atomic E-state index is 0.276. The summed E-state index contributed by atoms with van der Waals surface area (Å²) in [6, 6.07) is 17.1. The molecule has 30 heavy (non-hydrogen) atoms. The number of fused-ring (bicyclic) bond motifs is 1. The van der Waals surface area contributed by atoms with Gasteiger partial charge in [0.2, 0.25) is 0 Å². The molecule has 0 saturated carbocycles. The van der Waals surface area contributed by atoms with E-state index in [1.165, 1.54) is 0 Å². The summed E-state index contributed by atoms with van der Waals surface area (Å²) in [7, 11) is 1.57. The molecular formula is C22H15ClO6S. The quantitative estimate of drug-likeness (QED) is 0.303. The Bertz CT molecular complexity index is 1240. The maximum atomic E-state index is 12.3. The highest BCUT2D eigenvalue weighted by Crippen LogP contribution is 2.35. The van der Waals surface area contributed by atoms with Crippen LogP contribution in [0.3, 0.4) is 0 Å². The van der Waals surface area contributed by atoms with Crippen LogP contribution in [-0.2, 0) is 4.79 Å². The summed E-state index contributed by atoms with van der Waals surface area (Å²) in [6.45, 7) is -0.276. The molecule has 0 radical (unpaired) electrons. The number of benzene rings is 3. The molecule has 0 N–H and O–H groups in total. The predicted molar refractivity (Wildman–Crippen MR) is 115 cm³/mol. The smallest absolute Gasteiger partial charge is 0.396 e. The fourth-order valence-electron chi connectivity index (χ4n) is 2.83. The molecule has 0 aliphatic heterocycles. The number of halogens is 1. The number of hydrogen-bond acceptors (Lipinski definition) is 7. The fourth-order valence-corrected chi connectivity index (χ4v) is 3.68. The van der Waals surface area contributed by atoms with Crippen LogP contribution in [0.4, 0.5) is 0 Å². The molecule has 1 heterocycles. The number of esters is 1. The van der Waals surface area contributed by atoms with Crippen molar-refractivity contribution in [2.24, 2.45) is 0 Å². The largest absolute Gasteiger partial charge is 0.497 e. The average molecular weight is 443 g/mol. The topological polar surface area (TPSA) is 75.0 Å². The van der Waals surface area contributed by atoms with E-state index < -0.39 is 10.9 Å². The minimum Gasteiger partial charge on any atom is -0.497 e. The van der Waals surface area contributed by atoms with Crippen LogP contribution >= 0.6 is 22.9 Å². The summed E-state index contributed by atoms with van der Waals surface area (Å²) >= 11 is 6.90. The second kappa shape index (κ2) is 8.61. The van der Waals surface area contributed by atoms with E-state index in [4.69, 9.17) is 30.2 Å². The Morgan fingerprint density at radius 2 is 1.70 bits per heavy atom. The third kappa shape index (κ3) is 4.48. The lowest BCUT2D eigenvalue weighted by molar-refractivity contribution is -0.136. The van der Waals surface area contributed by atoms with Crippen LogP contribution in [0.15, 0.2) is 69.9 Å². The number of carbonyl (C=O) groups excluding carboxylic acids is 1. The molecule has 4 rings (SSSR count). The highest BCUT2D eigenvalue weighted by Gasteiger charge is 2.15. The maximum absolute atomic E-state index is 12.3. The van der Waals surface area contributed by atoms with Crippen LogP contribution in [0, 0.1) is 0 Å².